The number of anilines is 2. The van der Waals surface area contributed by atoms with Crippen molar-refractivity contribution in [2.75, 3.05) is 5.32 Å². The first kappa shape index (κ1) is 15.8. The van der Waals surface area contributed by atoms with Crippen molar-refractivity contribution in [2.24, 2.45) is 0 Å². The van der Waals surface area contributed by atoms with Gasteiger partial charge in [0.25, 0.3) is 0 Å². The second-order valence-corrected chi connectivity index (χ2v) is 5.81. The molecular formula is C19H15N5O2. The van der Waals surface area contributed by atoms with Gasteiger partial charge in [-0.15, -0.1) is 0 Å². The molecule has 0 aliphatic carbocycles. The van der Waals surface area contributed by atoms with Crippen LogP contribution >= 0.6 is 0 Å². The molecule has 128 valence electrons. The Balaban J connectivity index is 1.74. The number of fused-ring (bicyclic) bond motifs is 1. The van der Waals surface area contributed by atoms with Gasteiger partial charge < -0.3 is 10.3 Å². The monoisotopic (exact) mass is 345 g/mol. The standard InChI is InChI=1S/C19H15N5O2/c1-12(25)13-2-4-15(5-3-13)23-18-19-21-8-9-24(19)16(11-22-18)14-6-7-20-17(26)10-14/h2-11H,1H3,(H,20,26)(H,22,23). The number of ketones is 1. The van der Waals surface area contributed by atoms with E-state index in [9.17, 15) is 9.59 Å². The van der Waals surface area contributed by atoms with Gasteiger partial charge in [-0.25, -0.2) is 9.97 Å². The minimum atomic E-state index is -0.177. The molecular weight excluding hydrogens is 330 g/mol. The summed E-state index contributed by atoms with van der Waals surface area (Å²) in [5, 5.41) is 3.22. The van der Waals surface area contributed by atoms with Crippen molar-refractivity contribution in [2.45, 2.75) is 6.92 Å². The number of carbonyl (C=O) groups excluding carboxylic acids is 1. The van der Waals surface area contributed by atoms with Gasteiger partial charge in [0.15, 0.2) is 17.2 Å². The number of Topliss-reactive ketones (excluding diaryl/α,β-unsaturated/α-hetero) is 1. The Labute approximate surface area is 148 Å². The van der Waals surface area contributed by atoms with Crippen molar-refractivity contribution in [3.05, 3.63) is 77.1 Å². The normalized spacial score (nSPS) is 10.8. The number of nitrogens with zero attached hydrogens (tertiary/aromatic N) is 3. The Kier molecular flexibility index (Phi) is 3.81. The fourth-order valence-electron chi connectivity index (χ4n) is 2.75. The van der Waals surface area contributed by atoms with Crippen molar-refractivity contribution in [1.82, 2.24) is 19.4 Å². The molecule has 0 fully saturated rings. The molecule has 7 heteroatoms. The summed E-state index contributed by atoms with van der Waals surface area (Å²) in [6, 6.07) is 10.5. The number of hydrogen-bond donors (Lipinski definition) is 2. The number of H-pyrrole nitrogens is 1. The Morgan fingerprint density at radius 1 is 1.15 bits per heavy atom. The Bertz CT molecular complexity index is 1160. The summed E-state index contributed by atoms with van der Waals surface area (Å²) < 4.78 is 1.87. The summed E-state index contributed by atoms with van der Waals surface area (Å²) in [5.41, 5.74) is 3.43. The lowest BCUT2D eigenvalue weighted by Crippen LogP contribution is -2.05. The first-order valence-corrected chi connectivity index (χ1v) is 8.01. The van der Waals surface area contributed by atoms with Crippen molar-refractivity contribution in [3.63, 3.8) is 0 Å². The molecule has 2 N–H and O–H groups in total. The van der Waals surface area contributed by atoms with E-state index in [-0.39, 0.29) is 11.3 Å². The molecule has 3 aromatic heterocycles. The van der Waals surface area contributed by atoms with Gasteiger partial charge in [0.2, 0.25) is 5.56 Å². The maximum Gasteiger partial charge on any atom is 0.248 e. The van der Waals surface area contributed by atoms with E-state index >= 15 is 0 Å². The number of pyridine rings is 1. The highest BCUT2D eigenvalue weighted by Crippen LogP contribution is 2.24. The molecule has 0 spiro atoms. The van der Waals surface area contributed by atoms with E-state index in [1.807, 2.05) is 28.8 Å². The molecule has 0 bridgehead atoms. The molecule has 3 heterocycles. The maximum absolute atomic E-state index is 11.6. The van der Waals surface area contributed by atoms with Gasteiger partial charge in [0.05, 0.1) is 11.9 Å². The summed E-state index contributed by atoms with van der Waals surface area (Å²) >= 11 is 0. The van der Waals surface area contributed by atoms with Crippen LogP contribution in [-0.4, -0.2) is 25.1 Å². The van der Waals surface area contributed by atoms with Gasteiger partial charge in [-0.1, -0.05) is 0 Å². The third-order valence-electron chi connectivity index (χ3n) is 4.05. The second-order valence-electron chi connectivity index (χ2n) is 5.81. The van der Waals surface area contributed by atoms with Crippen LogP contribution < -0.4 is 10.9 Å². The van der Waals surface area contributed by atoms with Crippen molar-refractivity contribution in [1.29, 1.82) is 0 Å². The summed E-state index contributed by atoms with van der Waals surface area (Å²) in [4.78, 5) is 34.4. The second kappa shape index (κ2) is 6.29. The smallest absolute Gasteiger partial charge is 0.248 e. The van der Waals surface area contributed by atoms with Crippen LogP contribution in [0.15, 0.2) is 66.0 Å². The molecule has 0 saturated carbocycles. The number of aromatic nitrogens is 4. The summed E-state index contributed by atoms with van der Waals surface area (Å²) in [6.07, 6.45) is 6.79. The minimum Gasteiger partial charge on any atom is -0.337 e. The van der Waals surface area contributed by atoms with Gasteiger partial charge in [-0.3, -0.25) is 14.0 Å². The number of aromatic amines is 1. The zero-order valence-corrected chi connectivity index (χ0v) is 13.9. The fraction of sp³-hybridized carbons (Fsp3) is 0.0526. The average molecular weight is 345 g/mol. The number of carbonyl (C=O) groups is 1. The van der Waals surface area contributed by atoms with E-state index in [0.717, 1.165) is 16.9 Å². The molecule has 0 unspecified atom stereocenters. The number of rotatable bonds is 4. The van der Waals surface area contributed by atoms with Crippen LogP contribution in [0, 0.1) is 0 Å². The lowest BCUT2D eigenvalue weighted by molar-refractivity contribution is 0.101. The van der Waals surface area contributed by atoms with Crippen molar-refractivity contribution >= 4 is 22.9 Å². The Morgan fingerprint density at radius 2 is 1.96 bits per heavy atom. The average Bonchev–Trinajstić information content (AvgIpc) is 3.12. The molecule has 0 radical (unpaired) electrons. The highest BCUT2D eigenvalue weighted by atomic mass is 16.1. The predicted octanol–water partition coefficient (Wildman–Crippen LogP) is 3.03. The number of hydrogen-bond acceptors (Lipinski definition) is 5. The molecule has 0 amide bonds. The van der Waals surface area contributed by atoms with Gasteiger partial charge in [-0.05, 0) is 37.3 Å². The molecule has 0 aliphatic rings. The largest absolute Gasteiger partial charge is 0.337 e. The number of nitrogens with one attached hydrogen (secondary N) is 2. The molecule has 4 aromatic rings. The quantitative estimate of drug-likeness (QED) is 0.555. The highest BCUT2D eigenvalue weighted by molar-refractivity contribution is 5.94. The van der Waals surface area contributed by atoms with E-state index in [4.69, 9.17) is 0 Å². The third-order valence-corrected chi connectivity index (χ3v) is 4.05. The molecule has 4 rings (SSSR count). The molecule has 7 nitrogen and oxygen atoms in total. The summed E-state index contributed by atoms with van der Waals surface area (Å²) in [7, 11) is 0. The first-order chi connectivity index (χ1) is 12.6. The first-order valence-electron chi connectivity index (χ1n) is 8.01. The lowest BCUT2D eigenvalue weighted by atomic mass is 10.1. The molecule has 1 aromatic carbocycles. The van der Waals surface area contributed by atoms with Crippen LogP contribution in [0.5, 0.6) is 0 Å². The van der Waals surface area contributed by atoms with Crippen LogP contribution in [0.4, 0.5) is 11.5 Å². The van der Waals surface area contributed by atoms with Crippen molar-refractivity contribution < 1.29 is 4.79 Å². The topological polar surface area (TPSA) is 92.1 Å². The van der Waals surface area contributed by atoms with Crippen LogP contribution in [0.1, 0.15) is 17.3 Å². The van der Waals surface area contributed by atoms with E-state index < -0.39 is 0 Å². The van der Waals surface area contributed by atoms with Gasteiger partial charge in [0, 0.05) is 41.5 Å². The van der Waals surface area contributed by atoms with Crippen molar-refractivity contribution in [3.8, 4) is 11.3 Å². The highest BCUT2D eigenvalue weighted by Gasteiger charge is 2.11. The zero-order valence-electron chi connectivity index (χ0n) is 13.9. The van der Waals surface area contributed by atoms with E-state index in [0.29, 0.717) is 17.0 Å². The fourth-order valence-corrected chi connectivity index (χ4v) is 2.75. The molecule has 0 atom stereocenters. The van der Waals surface area contributed by atoms with Crippen LogP contribution in [0.2, 0.25) is 0 Å². The minimum absolute atomic E-state index is 0.0209. The van der Waals surface area contributed by atoms with E-state index in [1.165, 1.54) is 13.0 Å². The van der Waals surface area contributed by atoms with Gasteiger partial charge in [0.1, 0.15) is 0 Å². The maximum atomic E-state index is 11.6. The van der Waals surface area contributed by atoms with E-state index in [1.54, 1.807) is 30.7 Å². The van der Waals surface area contributed by atoms with E-state index in [2.05, 4.69) is 20.3 Å². The molecule has 26 heavy (non-hydrogen) atoms. The lowest BCUT2D eigenvalue weighted by Gasteiger charge is -2.10. The third kappa shape index (κ3) is 2.86. The van der Waals surface area contributed by atoms with Crippen LogP contribution in [0.3, 0.4) is 0 Å². The number of imidazole rings is 1. The van der Waals surface area contributed by atoms with Crippen LogP contribution in [0.25, 0.3) is 16.9 Å². The van der Waals surface area contributed by atoms with Gasteiger partial charge in [-0.2, -0.15) is 0 Å². The Hall–Kier alpha value is -3.74. The van der Waals surface area contributed by atoms with Gasteiger partial charge >= 0.3 is 0 Å². The molecule has 0 saturated heterocycles. The number of benzene rings is 1. The SMILES string of the molecule is CC(=O)c1ccc(Nc2ncc(-c3cc[nH]c(=O)c3)n3ccnc23)cc1. The van der Waals surface area contributed by atoms with Crippen LogP contribution in [-0.2, 0) is 0 Å². The molecule has 0 aliphatic heterocycles. The predicted molar refractivity (Wildman–Crippen MR) is 98.8 cm³/mol. The summed E-state index contributed by atoms with van der Waals surface area (Å²) in [6.45, 7) is 1.53. The Morgan fingerprint density at radius 3 is 2.69 bits per heavy atom. The summed E-state index contributed by atoms with van der Waals surface area (Å²) in [5.74, 6) is 0.603. The zero-order chi connectivity index (χ0) is 18.1.